The maximum atomic E-state index is 10.6. The lowest BCUT2D eigenvalue weighted by molar-refractivity contribution is -0.131. The molecule has 0 radical (unpaired) electrons. The standard InChI is InChI=1S/C17H24N2O2/c1-13-12-16(6-4-14(13)5-7-17(20)21)19-10-8-15(9-11-19)18(2)3/h4-7,12,15H,8-11H2,1-3H3,(H,20,21). The van der Waals surface area contributed by atoms with Gasteiger partial charge in [-0.15, -0.1) is 0 Å². The molecule has 1 N–H and O–H groups in total. The van der Waals surface area contributed by atoms with Gasteiger partial charge in [-0.25, -0.2) is 4.79 Å². The fraction of sp³-hybridized carbons (Fsp3) is 0.471. The molecule has 4 nitrogen and oxygen atoms in total. The normalized spacial score (nSPS) is 16.9. The van der Waals surface area contributed by atoms with Gasteiger partial charge >= 0.3 is 5.97 Å². The summed E-state index contributed by atoms with van der Waals surface area (Å²) in [6, 6.07) is 6.92. The van der Waals surface area contributed by atoms with E-state index < -0.39 is 5.97 Å². The number of piperidine rings is 1. The number of hydrogen-bond acceptors (Lipinski definition) is 3. The number of carboxylic acid groups (broad SMARTS) is 1. The molecule has 1 aromatic carbocycles. The van der Waals surface area contributed by atoms with Crippen molar-refractivity contribution >= 4 is 17.7 Å². The molecule has 2 rings (SSSR count). The molecule has 1 aliphatic heterocycles. The topological polar surface area (TPSA) is 43.8 Å². The largest absolute Gasteiger partial charge is 0.478 e. The Bertz CT molecular complexity index is 530. The first kappa shape index (κ1) is 15.6. The van der Waals surface area contributed by atoms with Crippen molar-refractivity contribution in [1.82, 2.24) is 4.90 Å². The Labute approximate surface area is 126 Å². The van der Waals surface area contributed by atoms with Crippen LogP contribution in [0.1, 0.15) is 24.0 Å². The molecule has 1 fully saturated rings. The number of hydrogen-bond donors (Lipinski definition) is 1. The smallest absolute Gasteiger partial charge is 0.328 e. The number of aryl methyl sites for hydroxylation is 1. The Morgan fingerprint density at radius 1 is 1.33 bits per heavy atom. The Balaban J connectivity index is 2.05. The van der Waals surface area contributed by atoms with Gasteiger partial charge in [0.15, 0.2) is 0 Å². The zero-order chi connectivity index (χ0) is 15.4. The minimum atomic E-state index is -0.913. The van der Waals surface area contributed by atoms with Crippen LogP contribution in [0.2, 0.25) is 0 Å². The highest BCUT2D eigenvalue weighted by atomic mass is 16.4. The second-order valence-corrected chi connectivity index (χ2v) is 5.89. The van der Waals surface area contributed by atoms with Crippen molar-refractivity contribution < 1.29 is 9.90 Å². The lowest BCUT2D eigenvalue weighted by Gasteiger charge is -2.36. The molecule has 0 bridgehead atoms. The lowest BCUT2D eigenvalue weighted by atomic mass is 10.0. The van der Waals surface area contributed by atoms with Crippen LogP contribution in [0.3, 0.4) is 0 Å². The number of aliphatic carboxylic acids is 1. The Kier molecular flexibility index (Phi) is 5.02. The minimum Gasteiger partial charge on any atom is -0.478 e. The summed E-state index contributed by atoms with van der Waals surface area (Å²) >= 11 is 0. The zero-order valence-corrected chi connectivity index (χ0v) is 13.0. The van der Waals surface area contributed by atoms with Gasteiger partial charge in [0, 0.05) is 30.9 Å². The summed E-state index contributed by atoms with van der Waals surface area (Å²) in [4.78, 5) is 15.3. The maximum absolute atomic E-state index is 10.6. The van der Waals surface area contributed by atoms with Crippen LogP contribution in [0.25, 0.3) is 6.08 Å². The second kappa shape index (κ2) is 6.76. The van der Waals surface area contributed by atoms with E-state index in [1.807, 2.05) is 13.0 Å². The van der Waals surface area contributed by atoms with Gasteiger partial charge in [0.05, 0.1) is 0 Å². The summed E-state index contributed by atoms with van der Waals surface area (Å²) in [5.41, 5.74) is 3.31. The summed E-state index contributed by atoms with van der Waals surface area (Å²) in [7, 11) is 4.29. The molecule has 114 valence electrons. The van der Waals surface area contributed by atoms with E-state index in [2.05, 4.69) is 36.0 Å². The van der Waals surface area contributed by atoms with Gasteiger partial charge in [0.2, 0.25) is 0 Å². The van der Waals surface area contributed by atoms with Crippen LogP contribution < -0.4 is 4.90 Å². The molecule has 0 amide bonds. The van der Waals surface area contributed by atoms with Crippen molar-refractivity contribution in [2.45, 2.75) is 25.8 Å². The average molecular weight is 288 g/mol. The van der Waals surface area contributed by atoms with Crippen LogP contribution in [0, 0.1) is 6.92 Å². The van der Waals surface area contributed by atoms with Crippen molar-refractivity contribution in [1.29, 1.82) is 0 Å². The quantitative estimate of drug-likeness (QED) is 0.865. The molecule has 0 spiro atoms. The highest BCUT2D eigenvalue weighted by Gasteiger charge is 2.20. The van der Waals surface area contributed by atoms with Gasteiger partial charge in [0.1, 0.15) is 0 Å². The van der Waals surface area contributed by atoms with E-state index in [0.717, 1.165) is 24.2 Å². The monoisotopic (exact) mass is 288 g/mol. The Morgan fingerprint density at radius 2 is 2.00 bits per heavy atom. The highest BCUT2D eigenvalue weighted by molar-refractivity contribution is 5.85. The van der Waals surface area contributed by atoms with E-state index in [9.17, 15) is 4.79 Å². The molecular formula is C17H24N2O2. The van der Waals surface area contributed by atoms with Gasteiger partial charge in [-0.1, -0.05) is 6.07 Å². The molecule has 21 heavy (non-hydrogen) atoms. The Morgan fingerprint density at radius 3 is 2.52 bits per heavy atom. The molecule has 1 aromatic rings. The second-order valence-electron chi connectivity index (χ2n) is 5.89. The number of carboxylic acids is 1. The molecule has 4 heteroatoms. The minimum absolute atomic E-state index is 0.681. The average Bonchev–Trinajstić information content (AvgIpc) is 2.46. The number of anilines is 1. The van der Waals surface area contributed by atoms with Crippen LogP contribution >= 0.6 is 0 Å². The fourth-order valence-electron chi connectivity index (χ4n) is 2.85. The molecule has 0 aromatic heterocycles. The third kappa shape index (κ3) is 4.08. The first-order valence-electron chi connectivity index (χ1n) is 7.40. The van der Waals surface area contributed by atoms with Gasteiger partial charge < -0.3 is 14.9 Å². The fourth-order valence-corrected chi connectivity index (χ4v) is 2.85. The van der Waals surface area contributed by atoms with E-state index in [-0.39, 0.29) is 0 Å². The summed E-state index contributed by atoms with van der Waals surface area (Å²) in [5.74, 6) is -0.913. The third-order valence-electron chi connectivity index (χ3n) is 4.22. The number of rotatable bonds is 4. The van der Waals surface area contributed by atoms with E-state index in [0.29, 0.717) is 6.04 Å². The van der Waals surface area contributed by atoms with Crippen molar-refractivity contribution in [3.63, 3.8) is 0 Å². The van der Waals surface area contributed by atoms with E-state index in [1.165, 1.54) is 24.6 Å². The lowest BCUT2D eigenvalue weighted by Crippen LogP contribution is -2.42. The van der Waals surface area contributed by atoms with Crippen molar-refractivity contribution in [3.05, 3.63) is 35.4 Å². The summed E-state index contributed by atoms with van der Waals surface area (Å²) < 4.78 is 0. The van der Waals surface area contributed by atoms with Crippen molar-refractivity contribution in [3.8, 4) is 0 Å². The predicted octanol–water partition coefficient (Wildman–Crippen LogP) is 2.62. The third-order valence-corrected chi connectivity index (χ3v) is 4.22. The van der Waals surface area contributed by atoms with Gasteiger partial charge in [-0.05, 0) is 63.2 Å². The summed E-state index contributed by atoms with van der Waals surface area (Å²) in [6.45, 7) is 4.18. The molecule has 1 saturated heterocycles. The van der Waals surface area contributed by atoms with Crippen molar-refractivity contribution in [2.24, 2.45) is 0 Å². The highest BCUT2D eigenvalue weighted by Crippen LogP contribution is 2.24. The molecular weight excluding hydrogens is 264 g/mol. The number of carbonyl (C=O) groups is 1. The van der Waals surface area contributed by atoms with E-state index >= 15 is 0 Å². The molecule has 0 atom stereocenters. The molecule has 0 unspecified atom stereocenters. The van der Waals surface area contributed by atoms with Crippen molar-refractivity contribution in [2.75, 3.05) is 32.1 Å². The summed E-state index contributed by atoms with van der Waals surface area (Å²) in [6.07, 6.45) is 5.21. The van der Waals surface area contributed by atoms with E-state index in [1.54, 1.807) is 6.08 Å². The Hall–Kier alpha value is -1.81. The van der Waals surface area contributed by atoms with Gasteiger partial charge in [-0.2, -0.15) is 0 Å². The SMILES string of the molecule is Cc1cc(N2CCC(N(C)C)CC2)ccc1C=CC(=O)O. The van der Waals surface area contributed by atoms with Gasteiger partial charge in [0.25, 0.3) is 0 Å². The van der Waals surface area contributed by atoms with E-state index in [4.69, 9.17) is 5.11 Å². The van der Waals surface area contributed by atoms with Crippen LogP contribution in [0.5, 0.6) is 0 Å². The van der Waals surface area contributed by atoms with Gasteiger partial charge in [-0.3, -0.25) is 0 Å². The van der Waals surface area contributed by atoms with Crippen LogP contribution in [0.15, 0.2) is 24.3 Å². The molecule has 0 saturated carbocycles. The zero-order valence-electron chi connectivity index (χ0n) is 13.0. The molecule has 0 aliphatic carbocycles. The predicted molar refractivity (Wildman–Crippen MR) is 86.8 cm³/mol. The molecule has 1 heterocycles. The summed E-state index contributed by atoms with van der Waals surface area (Å²) in [5, 5.41) is 8.69. The number of nitrogens with zero attached hydrogens (tertiary/aromatic N) is 2. The van der Waals surface area contributed by atoms with Crippen LogP contribution in [0.4, 0.5) is 5.69 Å². The molecule has 1 aliphatic rings. The van der Waals surface area contributed by atoms with Crippen LogP contribution in [-0.2, 0) is 4.79 Å². The first-order chi connectivity index (χ1) is 9.97. The van der Waals surface area contributed by atoms with Crippen LogP contribution in [-0.4, -0.2) is 49.2 Å². The first-order valence-corrected chi connectivity index (χ1v) is 7.40. The number of benzene rings is 1. The maximum Gasteiger partial charge on any atom is 0.328 e.